The molecule has 20 heteroatoms. The number of rotatable bonds is 9. The summed E-state index contributed by atoms with van der Waals surface area (Å²) in [5, 5.41) is 13.7. The SMILES string of the molecule is C1CCOC1.COC(=O)CC(=O)Cl.COC(=O)CC(=O)Nc1ccc2c(c1)OCO2.Nc1ccc2c(c1)OCO2.OCCCNc1ccc2c(c1)OCO2.[AlH3].[H-].[Li+]. The summed E-state index contributed by atoms with van der Waals surface area (Å²) in [6.45, 7) is 3.75. The standard InChI is InChI=1S/C11H11NO5.C10H13NO3.C7H7NO2.C4H5ClO3.C4H8O.Al.Li.4H/c1-15-11(14)5-10(13)12-7-2-3-8-9(4-7)17-6-16-8;12-5-1-4-11-8-2-3-9-10(6-8)14-7-13-9;8-5-1-2-6-7(3-5)10-4-9-6;1-8-4(7)2-3(5)6;1-2-4-5-3-1;;;;;;/h2-4H,5-6H2,1H3,(H,12,13);2-3,6,11-12H,1,4-5,7H2;1-3H,4,8H2;2H2,1H3;1-4H2;;;;;;/q;;;;;;+1;;;;-1. The number of ether oxygens (including phenoxy) is 9. The third-order valence-electron chi connectivity index (χ3n) is 6.96. The summed E-state index contributed by atoms with van der Waals surface area (Å²) >= 11 is 4.81. The maximum Gasteiger partial charge on any atom is 1.00 e. The zero-order chi connectivity index (χ0) is 39.1. The normalized spacial score (nSPS) is 12.6. The maximum atomic E-state index is 11.4. The molecule has 56 heavy (non-hydrogen) atoms. The fraction of sp³-hybridized carbons (Fsp3) is 0.389. The summed E-state index contributed by atoms with van der Waals surface area (Å²) < 4.78 is 44.3. The number of amides is 1. The molecule has 1 saturated heterocycles. The van der Waals surface area contributed by atoms with Crippen LogP contribution >= 0.6 is 11.6 Å². The van der Waals surface area contributed by atoms with Crippen molar-refractivity contribution < 1.29 is 87.2 Å². The monoisotopic (exact) mass is 815 g/mol. The Kier molecular flexibility index (Phi) is 24.7. The number of hydrogen-bond acceptors (Lipinski definition) is 16. The predicted molar refractivity (Wildman–Crippen MR) is 206 cm³/mol. The fourth-order valence-corrected chi connectivity index (χ4v) is 4.42. The first kappa shape index (κ1) is 49.5. The summed E-state index contributed by atoms with van der Waals surface area (Å²) in [5.41, 5.74) is 7.73. The number of aliphatic hydroxyl groups excluding tert-OH is 1. The second-order valence-electron chi connectivity index (χ2n) is 11.0. The van der Waals surface area contributed by atoms with Crippen LogP contribution < -0.4 is 63.6 Å². The van der Waals surface area contributed by atoms with Gasteiger partial charge < -0.3 is 65.5 Å². The van der Waals surface area contributed by atoms with Crippen LogP contribution in [0.5, 0.6) is 34.5 Å². The second-order valence-corrected chi connectivity index (χ2v) is 11.4. The minimum absolute atomic E-state index is 0. The number of carbonyl (C=O) groups is 4. The molecular weight excluding hydrogens is 768 g/mol. The number of methoxy groups -OCH3 is 2. The fourth-order valence-electron chi connectivity index (χ4n) is 4.31. The van der Waals surface area contributed by atoms with Crippen LogP contribution in [-0.4, -0.2) is 107 Å². The van der Waals surface area contributed by atoms with Gasteiger partial charge in [0, 0.05) is 61.6 Å². The number of fused-ring (bicyclic) bond motifs is 3. The third kappa shape index (κ3) is 18.9. The molecule has 3 aromatic carbocycles. The Balaban J connectivity index is 0.000000712. The summed E-state index contributed by atoms with van der Waals surface area (Å²) in [5.74, 6) is 2.66. The van der Waals surface area contributed by atoms with E-state index in [1.807, 2.05) is 18.2 Å². The third-order valence-corrected chi connectivity index (χ3v) is 7.09. The summed E-state index contributed by atoms with van der Waals surface area (Å²) in [4.78, 5) is 42.2. The Morgan fingerprint density at radius 1 is 0.732 bits per heavy atom. The first-order valence-electron chi connectivity index (χ1n) is 16.6. The van der Waals surface area contributed by atoms with E-state index in [4.69, 9.17) is 55.6 Å². The number of benzene rings is 3. The number of nitrogen functional groups attached to an aromatic ring is 1. The van der Waals surface area contributed by atoms with Gasteiger partial charge in [0.25, 0.3) is 0 Å². The van der Waals surface area contributed by atoms with Gasteiger partial charge in [-0.25, -0.2) is 0 Å². The molecule has 1 fully saturated rings. The number of hydrogen-bond donors (Lipinski definition) is 4. The average molecular weight is 816 g/mol. The zero-order valence-electron chi connectivity index (χ0n) is 31.9. The average Bonchev–Trinajstić information content (AvgIpc) is 4.00. The molecule has 1 amide bonds. The van der Waals surface area contributed by atoms with Gasteiger partial charge in [-0.15, -0.1) is 0 Å². The molecule has 5 N–H and O–H groups in total. The molecule has 0 aromatic heterocycles. The predicted octanol–water partition coefficient (Wildman–Crippen LogP) is 0.168. The number of esters is 2. The van der Waals surface area contributed by atoms with Gasteiger partial charge in [0.05, 0.1) is 14.2 Å². The molecule has 0 bridgehead atoms. The van der Waals surface area contributed by atoms with Gasteiger partial charge in [-0.1, -0.05) is 0 Å². The molecule has 0 radical (unpaired) electrons. The molecule has 0 atom stereocenters. The van der Waals surface area contributed by atoms with Crippen molar-refractivity contribution in [3.63, 3.8) is 0 Å². The van der Waals surface area contributed by atoms with Crippen molar-refractivity contribution in [3.8, 4) is 34.5 Å². The van der Waals surface area contributed by atoms with Gasteiger partial charge in [-0.05, 0) is 67.3 Å². The van der Waals surface area contributed by atoms with Crippen molar-refractivity contribution in [2.24, 2.45) is 0 Å². The van der Waals surface area contributed by atoms with Crippen LogP contribution in [0.4, 0.5) is 17.1 Å². The van der Waals surface area contributed by atoms with E-state index in [2.05, 4.69) is 20.1 Å². The van der Waals surface area contributed by atoms with Gasteiger partial charge >= 0.3 is 30.8 Å². The molecule has 4 aliphatic rings. The smallest absolute Gasteiger partial charge is 1.00 e. The van der Waals surface area contributed by atoms with Crippen LogP contribution in [0.25, 0.3) is 0 Å². The van der Waals surface area contributed by atoms with Crippen molar-refractivity contribution in [1.29, 1.82) is 0 Å². The van der Waals surface area contributed by atoms with E-state index in [1.165, 1.54) is 27.1 Å². The maximum absolute atomic E-state index is 11.4. The van der Waals surface area contributed by atoms with Crippen LogP contribution in [0.15, 0.2) is 54.6 Å². The molecule has 0 saturated carbocycles. The van der Waals surface area contributed by atoms with E-state index in [1.54, 1.807) is 36.4 Å². The Hall–Kier alpha value is -4.52. The minimum atomic E-state index is -0.697. The minimum Gasteiger partial charge on any atom is -1.00 e. The van der Waals surface area contributed by atoms with Crippen LogP contribution in [0, 0.1) is 0 Å². The number of nitrogens with one attached hydrogen (secondary N) is 2. The van der Waals surface area contributed by atoms with Gasteiger partial charge in [0.1, 0.15) is 12.8 Å². The molecule has 0 aliphatic carbocycles. The van der Waals surface area contributed by atoms with Gasteiger partial charge in [-0.3, -0.25) is 19.2 Å². The molecular formula is C36H48AlClLiN3O14. The van der Waals surface area contributed by atoms with E-state index in [9.17, 15) is 19.2 Å². The van der Waals surface area contributed by atoms with Crippen molar-refractivity contribution in [3.05, 3.63) is 54.6 Å². The van der Waals surface area contributed by atoms with Crippen LogP contribution in [0.1, 0.15) is 33.5 Å². The van der Waals surface area contributed by atoms with Crippen LogP contribution in [-0.2, 0) is 33.4 Å². The van der Waals surface area contributed by atoms with E-state index in [0.29, 0.717) is 36.5 Å². The molecule has 3 aromatic rings. The Bertz CT molecular complexity index is 1690. The number of nitrogens with two attached hydrogens (primary N) is 1. The molecule has 7 rings (SSSR count). The molecule has 4 aliphatic heterocycles. The quantitative estimate of drug-likeness (QED) is 0.0565. The van der Waals surface area contributed by atoms with E-state index < -0.39 is 23.1 Å². The van der Waals surface area contributed by atoms with Gasteiger partial charge in [-0.2, -0.15) is 0 Å². The molecule has 0 spiro atoms. The van der Waals surface area contributed by atoms with Crippen molar-refractivity contribution >= 4 is 69.1 Å². The second kappa shape index (κ2) is 28.0. The van der Waals surface area contributed by atoms with Crippen LogP contribution in [0.3, 0.4) is 0 Å². The molecule has 4 heterocycles. The Morgan fingerprint density at radius 3 is 1.66 bits per heavy atom. The first-order valence-corrected chi connectivity index (χ1v) is 17.0. The van der Waals surface area contributed by atoms with E-state index in [-0.39, 0.29) is 63.9 Å². The van der Waals surface area contributed by atoms with E-state index in [0.717, 1.165) is 54.9 Å². The van der Waals surface area contributed by atoms with Crippen molar-refractivity contribution in [2.75, 3.05) is 77.3 Å². The largest absolute Gasteiger partial charge is 1.00 e. The summed E-state index contributed by atoms with van der Waals surface area (Å²) in [6, 6.07) is 16.1. The first-order chi connectivity index (χ1) is 26.1. The Morgan fingerprint density at radius 2 is 1.20 bits per heavy atom. The van der Waals surface area contributed by atoms with Crippen LogP contribution in [0.2, 0.25) is 0 Å². The number of aliphatic hydroxyl groups is 1. The molecule has 0 unspecified atom stereocenters. The zero-order valence-corrected chi connectivity index (χ0v) is 31.6. The topological polar surface area (TPSA) is 222 Å². The van der Waals surface area contributed by atoms with Crippen molar-refractivity contribution in [2.45, 2.75) is 32.1 Å². The molecule has 17 nitrogen and oxygen atoms in total. The number of carbonyl (C=O) groups excluding carboxylic acids is 4. The van der Waals surface area contributed by atoms with E-state index >= 15 is 0 Å². The van der Waals surface area contributed by atoms with Gasteiger partial charge in [0.2, 0.25) is 31.5 Å². The van der Waals surface area contributed by atoms with Crippen molar-refractivity contribution in [1.82, 2.24) is 0 Å². The Labute approximate surface area is 353 Å². The number of halogens is 1. The summed E-state index contributed by atoms with van der Waals surface area (Å²) in [7, 11) is 2.43. The summed E-state index contributed by atoms with van der Waals surface area (Å²) in [6.07, 6.45) is 2.64. The number of anilines is 3. The molecule has 302 valence electrons. The van der Waals surface area contributed by atoms with Gasteiger partial charge in [0.15, 0.2) is 51.9 Å².